The van der Waals surface area contributed by atoms with Crippen LogP contribution in [-0.4, -0.2) is 141 Å². The van der Waals surface area contributed by atoms with Gasteiger partial charge in [-0.05, 0) is 25.0 Å². The van der Waals surface area contributed by atoms with Crippen molar-refractivity contribution in [3.8, 4) is 0 Å². The summed E-state index contributed by atoms with van der Waals surface area (Å²) in [5.74, 6) is 0.703. The zero-order valence-corrected chi connectivity index (χ0v) is 26.2. The van der Waals surface area contributed by atoms with E-state index in [-0.39, 0.29) is 59.4 Å². The molecular weight excluding hydrogens is 610 g/mol. The number of ether oxygens (including phenoxy) is 8. The number of carbonyl (C=O) groups is 3. The molecule has 0 aromatic carbocycles. The normalized spacial score (nSPS) is 11.0. The van der Waals surface area contributed by atoms with Crippen molar-refractivity contribution in [2.45, 2.75) is 25.7 Å². The van der Waals surface area contributed by atoms with Crippen LogP contribution in [0.3, 0.4) is 0 Å². The van der Waals surface area contributed by atoms with Crippen LogP contribution in [0.5, 0.6) is 0 Å². The minimum Gasteiger partial charge on any atom is -0.447 e. The molecule has 0 radical (unpaired) electrons. The molecule has 258 valence electrons. The quantitative estimate of drug-likeness (QED) is 0.0276. The summed E-state index contributed by atoms with van der Waals surface area (Å²) in [4.78, 5) is 39.5. The summed E-state index contributed by atoms with van der Waals surface area (Å²) in [6.45, 7) is 4.19. The van der Waals surface area contributed by atoms with Crippen molar-refractivity contribution in [1.29, 1.82) is 0 Å². The Labute approximate surface area is 264 Å². The zero-order valence-electron chi connectivity index (χ0n) is 25.4. The Kier molecular flexibility index (Phi) is 33.1. The van der Waals surface area contributed by atoms with E-state index in [1.807, 2.05) is 0 Å². The fourth-order valence-electron chi connectivity index (χ4n) is 2.83. The summed E-state index contributed by atoms with van der Waals surface area (Å²) < 4.78 is 41.0. The van der Waals surface area contributed by atoms with Gasteiger partial charge in [0.25, 0.3) is 0 Å². The lowest BCUT2D eigenvalue weighted by atomic mass is 10.2. The number of hydrogen-bond acceptors (Lipinski definition) is 13. The number of amides is 3. The number of hydrogen-bond donors (Lipinski definition) is 4. The predicted octanol–water partition coefficient (Wildman–Crippen LogP) is 1.53. The van der Waals surface area contributed by atoms with Crippen LogP contribution in [0.15, 0.2) is 12.2 Å². The van der Waals surface area contributed by atoms with E-state index in [2.05, 4.69) is 16.1 Å². The topological polar surface area (TPSA) is 191 Å². The summed E-state index contributed by atoms with van der Waals surface area (Å²) in [7, 11) is 0. The highest BCUT2D eigenvalue weighted by atomic mass is 35.5. The molecule has 0 atom stereocenters. The highest BCUT2D eigenvalue weighted by molar-refractivity contribution is 6.17. The number of aliphatic hydroxyl groups excluding tert-OH is 1. The third-order valence-electron chi connectivity index (χ3n) is 4.92. The molecule has 0 saturated heterocycles. The van der Waals surface area contributed by atoms with Crippen molar-refractivity contribution >= 4 is 29.9 Å². The van der Waals surface area contributed by atoms with Crippen LogP contribution in [-0.2, 0) is 42.7 Å². The minimum absolute atomic E-state index is 0.00694. The third-order valence-corrected chi connectivity index (χ3v) is 5.18. The predicted molar refractivity (Wildman–Crippen MR) is 159 cm³/mol. The number of rotatable bonds is 31. The summed E-state index contributed by atoms with van der Waals surface area (Å²) >= 11 is 5.63. The van der Waals surface area contributed by atoms with E-state index in [1.54, 1.807) is 0 Å². The van der Waals surface area contributed by atoms with E-state index in [0.29, 0.717) is 58.7 Å². The van der Waals surface area contributed by atoms with Crippen molar-refractivity contribution < 1.29 is 62.2 Å². The molecule has 0 aliphatic heterocycles. The number of aliphatic hydroxyl groups is 1. The van der Waals surface area contributed by atoms with Crippen molar-refractivity contribution in [1.82, 2.24) is 16.1 Å². The molecule has 0 bridgehead atoms. The Bertz CT molecular complexity index is 708. The zero-order chi connectivity index (χ0) is 32.2. The Hall–Kier alpha value is -2.44. The van der Waals surface area contributed by atoms with Gasteiger partial charge in [0.15, 0.2) is 0 Å². The first-order chi connectivity index (χ1) is 21.6. The average Bonchev–Trinajstić information content (AvgIpc) is 3.02. The summed E-state index contributed by atoms with van der Waals surface area (Å²) in [6.07, 6.45) is 5.30. The molecule has 0 heterocycles. The maximum atomic E-state index is 11.6. The van der Waals surface area contributed by atoms with Crippen LogP contribution in [0.25, 0.3) is 0 Å². The van der Waals surface area contributed by atoms with Gasteiger partial charge in [-0.3, -0.25) is 4.84 Å². The van der Waals surface area contributed by atoms with E-state index in [4.69, 9.17) is 59.4 Å². The maximum Gasteiger partial charge on any atom is 0.431 e. The minimum atomic E-state index is -0.805. The molecular formula is C27H50ClN3O13. The first kappa shape index (κ1) is 41.6. The van der Waals surface area contributed by atoms with Crippen LogP contribution >= 0.6 is 11.6 Å². The van der Waals surface area contributed by atoms with Gasteiger partial charge >= 0.3 is 18.3 Å². The number of alkyl carbamates (subject to hydrolysis) is 2. The van der Waals surface area contributed by atoms with E-state index in [0.717, 1.165) is 25.7 Å². The molecule has 0 fully saturated rings. The van der Waals surface area contributed by atoms with Crippen LogP contribution in [0, 0.1) is 0 Å². The molecule has 0 unspecified atom stereocenters. The molecule has 0 aromatic heterocycles. The fraction of sp³-hybridized carbons (Fsp3) is 0.815. The molecule has 0 saturated carbocycles. The van der Waals surface area contributed by atoms with Crippen LogP contribution in [0.4, 0.5) is 14.4 Å². The molecule has 3 amide bonds. The average molecular weight is 660 g/mol. The largest absolute Gasteiger partial charge is 0.447 e. The standard InChI is InChI=1S/C27H50ClN3O13/c28-7-3-1-2-4-11-36-17-18-37-15-9-30-26(34)43-23-21-40-22-24-44-31-27(35)42-13-6-5-12-41-25(33)29-8-14-38-19-20-39-16-10-32/h5-6,32H,1-4,7-24H2,(H,29,33)(H,30,34)(H,31,35)/b6-5-. The molecule has 0 aliphatic carbocycles. The number of unbranched alkanes of at least 4 members (excludes halogenated alkanes) is 3. The van der Waals surface area contributed by atoms with Gasteiger partial charge in [-0.15, -0.1) is 11.6 Å². The van der Waals surface area contributed by atoms with E-state index < -0.39 is 18.3 Å². The van der Waals surface area contributed by atoms with Crippen molar-refractivity contribution in [2.75, 3.05) is 118 Å². The lowest BCUT2D eigenvalue weighted by molar-refractivity contribution is -0.0115. The van der Waals surface area contributed by atoms with Gasteiger partial charge in [-0.2, -0.15) is 5.48 Å². The van der Waals surface area contributed by atoms with Crippen molar-refractivity contribution in [3.05, 3.63) is 12.2 Å². The highest BCUT2D eigenvalue weighted by Crippen LogP contribution is 2.01. The summed E-state index contributed by atoms with van der Waals surface area (Å²) in [5, 5.41) is 13.6. The molecule has 0 aromatic rings. The summed E-state index contributed by atoms with van der Waals surface area (Å²) in [6, 6.07) is 0. The van der Waals surface area contributed by atoms with E-state index >= 15 is 0 Å². The van der Waals surface area contributed by atoms with Gasteiger partial charge < -0.3 is 53.6 Å². The van der Waals surface area contributed by atoms with E-state index in [1.165, 1.54) is 12.2 Å². The molecule has 44 heavy (non-hydrogen) atoms. The van der Waals surface area contributed by atoms with Gasteiger partial charge in [-0.1, -0.05) is 12.8 Å². The lowest BCUT2D eigenvalue weighted by Gasteiger charge is -2.09. The van der Waals surface area contributed by atoms with Crippen LogP contribution in [0.2, 0.25) is 0 Å². The fourth-order valence-corrected chi connectivity index (χ4v) is 3.02. The Morgan fingerprint density at radius 1 is 0.545 bits per heavy atom. The Morgan fingerprint density at radius 3 is 1.68 bits per heavy atom. The van der Waals surface area contributed by atoms with Gasteiger partial charge in [0, 0.05) is 25.6 Å². The molecule has 0 rings (SSSR count). The number of nitrogens with one attached hydrogen (secondary N) is 3. The van der Waals surface area contributed by atoms with Crippen molar-refractivity contribution in [2.24, 2.45) is 0 Å². The van der Waals surface area contributed by atoms with Crippen molar-refractivity contribution in [3.63, 3.8) is 0 Å². The molecule has 16 nitrogen and oxygen atoms in total. The molecule has 0 aliphatic rings. The number of carbonyl (C=O) groups excluding carboxylic acids is 3. The van der Waals surface area contributed by atoms with Gasteiger partial charge in [0.05, 0.1) is 72.7 Å². The molecule has 0 spiro atoms. The lowest BCUT2D eigenvalue weighted by Crippen LogP contribution is -2.29. The second-order valence-corrected chi connectivity index (χ2v) is 8.87. The Morgan fingerprint density at radius 2 is 1.05 bits per heavy atom. The second kappa shape index (κ2) is 35.0. The summed E-state index contributed by atoms with van der Waals surface area (Å²) in [5.41, 5.74) is 2.08. The SMILES string of the molecule is O=C(NCCOCCOCCO)OC/C=C\COC(=O)NOCCOCCOC(=O)NCCOCCOCCCCCCCl. The van der Waals surface area contributed by atoms with Gasteiger partial charge in [0.2, 0.25) is 0 Å². The van der Waals surface area contributed by atoms with E-state index in [9.17, 15) is 14.4 Å². The third kappa shape index (κ3) is 34.1. The Balaban J connectivity index is 3.38. The number of hydroxylamine groups is 1. The van der Waals surface area contributed by atoms with Crippen LogP contribution in [0.1, 0.15) is 25.7 Å². The second-order valence-electron chi connectivity index (χ2n) is 8.50. The monoisotopic (exact) mass is 659 g/mol. The molecule has 4 N–H and O–H groups in total. The molecule has 17 heteroatoms. The van der Waals surface area contributed by atoms with Gasteiger partial charge in [0.1, 0.15) is 19.8 Å². The smallest absolute Gasteiger partial charge is 0.431 e. The first-order valence-corrected chi connectivity index (χ1v) is 15.2. The van der Waals surface area contributed by atoms with Crippen LogP contribution < -0.4 is 16.1 Å². The number of alkyl halides is 1. The maximum absolute atomic E-state index is 11.6. The first-order valence-electron chi connectivity index (χ1n) is 14.7. The van der Waals surface area contributed by atoms with Gasteiger partial charge in [-0.25, -0.2) is 14.4 Å². The highest BCUT2D eigenvalue weighted by Gasteiger charge is 2.03. The number of halogens is 1.